The molecule has 2 heterocycles. The summed E-state index contributed by atoms with van der Waals surface area (Å²) in [6.07, 6.45) is 9.62. The molecule has 3 atom stereocenters. The first-order valence-corrected chi connectivity index (χ1v) is 20.1. The molecule has 2 aromatic carbocycles. The number of halogens is 2. The van der Waals surface area contributed by atoms with Gasteiger partial charge in [0.1, 0.15) is 23.6 Å². The summed E-state index contributed by atoms with van der Waals surface area (Å²) in [6, 6.07) is 13.7. The molecule has 10 heteroatoms. The minimum Gasteiger partial charge on any atom is -0.493 e. The molecule has 1 spiro atoms. The number of pyridine rings is 1. The lowest BCUT2D eigenvalue weighted by atomic mass is 9.59. The molecule has 2 fully saturated rings. The number of carboxylic acid groups (broad SMARTS) is 1. The van der Waals surface area contributed by atoms with Crippen LogP contribution in [0.4, 0.5) is 5.69 Å². The predicted octanol–water partition coefficient (Wildman–Crippen LogP) is 8.48. The van der Waals surface area contributed by atoms with Crippen molar-refractivity contribution in [1.29, 1.82) is 0 Å². The van der Waals surface area contributed by atoms with Gasteiger partial charge in [-0.3, -0.25) is 9.88 Å². The highest BCUT2D eigenvalue weighted by atomic mass is 35.5. The number of rotatable bonds is 12. The van der Waals surface area contributed by atoms with Gasteiger partial charge in [0.15, 0.2) is 0 Å². The van der Waals surface area contributed by atoms with Gasteiger partial charge in [-0.2, -0.15) is 0 Å². The van der Waals surface area contributed by atoms with E-state index in [9.17, 15) is 9.90 Å². The van der Waals surface area contributed by atoms with Crippen LogP contribution >= 0.6 is 23.2 Å². The lowest BCUT2D eigenvalue weighted by molar-refractivity contribution is -0.144. The van der Waals surface area contributed by atoms with Gasteiger partial charge in [-0.05, 0) is 136 Å². The van der Waals surface area contributed by atoms with Crippen molar-refractivity contribution in [2.75, 3.05) is 58.3 Å². The molecule has 3 aliphatic carbocycles. The van der Waals surface area contributed by atoms with E-state index in [4.69, 9.17) is 32.7 Å². The van der Waals surface area contributed by atoms with Gasteiger partial charge >= 0.3 is 5.97 Å². The van der Waals surface area contributed by atoms with E-state index in [0.29, 0.717) is 53.9 Å². The van der Waals surface area contributed by atoms with E-state index in [0.717, 1.165) is 82.0 Å². The molecule has 1 saturated heterocycles. The fraction of sp³-hybridized carbons (Fsp3) is 0.571. The van der Waals surface area contributed by atoms with Gasteiger partial charge < -0.3 is 24.8 Å². The van der Waals surface area contributed by atoms with Crippen molar-refractivity contribution >= 4 is 34.9 Å². The molecule has 1 aromatic heterocycles. The van der Waals surface area contributed by atoms with E-state index in [1.54, 1.807) is 12.1 Å². The second-order valence-corrected chi connectivity index (χ2v) is 17.0. The van der Waals surface area contributed by atoms with Crippen LogP contribution in [0, 0.1) is 11.8 Å². The van der Waals surface area contributed by atoms with Crippen LogP contribution < -0.4 is 14.8 Å². The number of carbonyl (C=O) groups is 1. The molecule has 7 rings (SSSR count). The van der Waals surface area contributed by atoms with Crippen LogP contribution in [-0.4, -0.2) is 84.4 Å². The Balaban J connectivity index is 1.12. The quantitative estimate of drug-likeness (QED) is 0.191. The summed E-state index contributed by atoms with van der Waals surface area (Å²) in [5.74, 6) is 1.96. The molecule has 1 saturated carbocycles. The first kappa shape index (κ1) is 37.3. The highest BCUT2D eigenvalue weighted by molar-refractivity contribution is 6.32. The maximum atomic E-state index is 13.0. The Hall–Kier alpha value is -3.04. The summed E-state index contributed by atoms with van der Waals surface area (Å²) in [5, 5.41) is 15.3. The van der Waals surface area contributed by atoms with Crippen LogP contribution in [0.2, 0.25) is 10.0 Å². The van der Waals surface area contributed by atoms with Crippen molar-refractivity contribution in [1.82, 2.24) is 14.8 Å². The number of fused-ring (bicyclic) bond motifs is 3. The summed E-state index contributed by atoms with van der Waals surface area (Å²) >= 11 is 13.2. The Morgan fingerprint density at radius 3 is 2.60 bits per heavy atom. The maximum Gasteiger partial charge on any atom is 0.329 e. The molecule has 280 valence electrons. The number of carboxylic acids is 1. The fourth-order valence-electron chi connectivity index (χ4n) is 9.57. The van der Waals surface area contributed by atoms with Crippen molar-refractivity contribution < 1.29 is 19.4 Å². The lowest BCUT2D eigenvalue weighted by Gasteiger charge is -2.47. The highest BCUT2D eigenvalue weighted by Crippen LogP contribution is 2.57. The third-order valence-corrected chi connectivity index (χ3v) is 13.1. The van der Waals surface area contributed by atoms with Crippen molar-refractivity contribution in [2.24, 2.45) is 11.8 Å². The van der Waals surface area contributed by atoms with E-state index in [1.165, 1.54) is 35.2 Å². The zero-order valence-corrected chi connectivity index (χ0v) is 32.4. The van der Waals surface area contributed by atoms with Crippen molar-refractivity contribution in [2.45, 2.75) is 88.5 Å². The normalized spacial score (nSPS) is 26.8. The topological polar surface area (TPSA) is 87.2 Å². The first-order valence-electron chi connectivity index (χ1n) is 19.3. The van der Waals surface area contributed by atoms with Gasteiger partial charge in [-0.15, -0.1) is 0 Å². The minimum atomic E-state index is -1.08. The van der Waals surface area contributed by atoms with E-state index in [2.05, 4.69) is 53.1 Å². The third kappa shape index (κ3) is 7.77. The lowest BCUT2D eigenvalue weighted by Crippen LogP contribution is -2.53. The number of nitrogens with one attached hydrogen (secondary N) is 1. The standard InChI is InChI=1S/C42H54Cl2N4O4/c1-28(27-52-37-10-15-45-36-9-4-6-29(2)39(36)37)22-31-23-30-24-35(44)38(51-21-20-48-18-16-47(3)17-19-48)26-34(30)41(31)11-13-42(14-12-41,40(49)50)46-33-8-5-7-32(43)25-33/h5,7-8,10,15,24-26,28-29,31,46H,4,6,9,11-14,16-23,27H2,1-3H3,(H,49,50)/t28-,29-,31+,41?,42?/m1/s1. The summed E-state index contributed by atoms with van der Waals surface area (Å²) in [7, 11) is 2.17. The number of aryl methyl sites for hydroxylation is 1. The Bertz CT molecular complexity index is 1740. The Morgan fingerprint density at radius 1 is 1.06 bits per heavy atom. The van der Waals surface area contributed by atoms with Gasteiger partial charge in [0.25, 0.3) is 0 Å². The number of aliphatic carboxylic acids is 1. The van der Waals surface area contributed by atoms with Gasteiger partial charge in [0.05, 0.1) is 11.6 Å². The summed E-state index contributed by atoms with van der Waals surface area (Å²) < 4.78 is 13.0. The van der Waals surface area contributed by atoms with Crippen LogP contribution in [0.5, 0.6) is 11.5 Å². The summed E-state index contributed by atoms with van der Waals surface area (Å²) in [5.41, 5.74) is 4.47. The van der Waals surface area contributed by atoms with Crippen LogP contribution in [0.15, 0.2) is 48.7 Å². The van der Waals surface area contributed by atoms with Gasteiger partial charge in [0, 0.05) is 60.9 Å². The number of hydrogen-bond acceptors (Lipinski definition) is 7. The average molecular weight is 750 g/mol. The molecule has 8 nitrogen and oxygen atoms in total. The Kier molecular flexibility index (Phi) is 11.3. The van der Waals surface area contributed by atoms with E-state index < -0.39 is 11.5 Å². The zero-order valence-electron chi connectivity index (χ0n) is 30.9. The molecule has 2 N–H and O–H groups in total. The van der Waals surface area contributed by atoms with Crippen LogP contribution in [0.3, 0.4) is 0 Å². The van der Waals surface area contributed by atoms with E-state index in [-0.39, 0.29) is 5.41 Å². The largest absolute Gasteiger partial charge is 0.493 e. The van der Waals surface area contributed by atoms with Crippen LogP contribution in [0.25, 0.3) is 0 Å². The summed E-state index contributed by atoms with van der Waals surface area (Å²) in [4.78, 5) is 22.5. The fourth-order valence-corrected chi connectivity index (χ4v) is 10.0. The minimum absolute atomic E-state index is 0.191. The van der Waals surface area contributed by atoms with Gasteiger partial charge in [-0.1, -0.05) is 43.1 Å². The Labute approximate surface area is 319 Å². The number of benzene rings is 2. The number of hydrogen-bond donors (Lipinski definition) is 2. The second kappa shape index (κ2) is 15.7. The third-order valence-electron chi connectivity index (χ3n) is 12.6. The predicted molar refractivity (Wildman–Crippen MR) is 209 cm³/mol. The second-order valence-electron chi connectivity index (χ2n) is 16.1. The number of piperazine rings is 1. The molecule has 4 aliphatic rings. The monoisotopic (exact) mass is 748 g/mol. The molecular formula is C42H54Cl2N4O4. The maximum absolute atomic E-state index is 13.0. The average Bonchev–Trinajstić information content (AvgIpc) is 3.39. The van der Waals surface area contributed by atoms with E-state index >= 15 is 0 Å². The SMILES string of the molecule is C[C@@H](COc1ccnc2c1[C@H](C)CCC2)C[C@H]1Cc2cc(Cl)c(OCCN3CCN(C)CC3)cc2C12CCC(Nc1cccc(Cl)c1)(C(=O)O)CC2. The molecule has 0 radical (unpaired) electrons. The van der Waals surface area contributed by atoms with Crippen molar-refractivity contribution in [3.8, 4) is 11.5 Å². The molecule has 1 aliphatic heterocycles. The van der Waals surface area contributed by atoms with E-state index in [1.807, 2.05) is 24.4 Å². The first-order chi connectivity index (χ1) is 25.0. The molecule has 52 heavy (non-hydrogen) atoms. The molecule has 0 amide bonds. The summed E-state index contributed by atoms with van der Waals surface area (Å²) in [6.45, 7) is 10.9. The number of ether oxygens (including phenoxy) is 2. The number of likely N-dealkylation sites (N-methyl/N-ethyl adjacent to an activating group) is 1. The molecular weight excluding hydrogens is 695 g/mol. The number of anilines is 1. The van der Waals surface area contributed by atoms with Crippen molar-refractivity contribution in [3.05, 3.63) is 81.1 Å². The highest BCUT2D eigenvalue weighted by Gasteiger charge is 2.54. The molecule has 3 aromatic rings. The molecule has 0 unspecified atom stereocenters. The Morgan fingerprint density at radius 2 is 1.85 bits per heavy atom. The smallest absolute Gasteiger partial charge is 0.329 e. The number of aromatic nitrogens is 1. The zero-order chi connectivity index (χ0) is 36.5. The number of nitrogens with zero attached hydrogens (tertiary/aromatic N) is 3. The van der Waals surface area contributed by atoms with Crippen molar-refractivity contribution in [3.63, 3.8) is 0 Å². The van der Waals surface area contributed by atoms with Gasteiger partial charge in [-0.25, -0.2) is 4.79 Å². The van der Waals surface area contributed by atoms with Gasteiger partial charge in [0.2, 0.25) is 0 Å². The molecule has 0 bridgehead atoms. The van der Waals surface area contributed by atoms with Crippen LogP contribution in [0.1, 0.15) is 87.1 Å². The van der Waals surface area contributed by atoms with Crippen LogP contribution in [-0.2, 0) is 23.1 Å².